The lowest BCUT2D eigenvalue weighted by Crippen LogP contribution is -2.52. The van der Waals surface area contributed by atoms with Crippen molar-refractivity contribution in [3.05, 3.63) is 29.8 Å². The lowest BCUT2D eigenvalue weighted by atomic mass is 10.1. The minimum absolute atomic E-state index is 0.0899. The van der Waals surface area contributed by atoms with E-state index in [4.69, 9.17) is 11.5 Å². The van der Waals surface area contributed by atoms with Gasteiger partial charge in [0.15, 0.2) is 0 Å². The number of hydrogen-bond donors (Lipinski definition) is 4. The molecule has 6 heteroatoms. The highest BCUT2D eigenvalue weighted by Gasteiger charge is 2.23. The summed E-state index contributed by atoms with van der Waals surface area (Å²) in [5, 5.41) is 23.2. The lowest BCUT2D eigenvalue weighted by Gasteiger charge is -2.22. The number of aliphatic carboxylic acids is 1. The molecule has 0 saturated heterocycles. The molecule has 0 aliphatic heterocycles. The summed E-state index contributed by atoms with van der Waals surface area (Å²) in [5.74, 6) is 1.32. The Morgan fingerprint density at radius 1 is 1.33 bits per heavy atom. The number of aromatic hydroxyl groups is 1. The fourth-order valence-electron chi connectivity index (χ4n) is 1.58. The summed E-state index contributed by atoms with van der Waals surface area (Å²) in [5.41, 5.74) is -0.192. The predicted octanol–water partition coefficient (Wildman–Crippen LogP) is 1.10. The fraction of sp³-hybridized carbons (Fsp3) is 0.333. The molecule has 1 aromatic rings. The van der Waals surface area contributed by atoms with Gasteiger partial charge < -0.3 is 20.8 Å². The summed E-state index contributed by atoms with van der Waals surface area (Å²) in [4.78, 5) is 23.0. The topological polar surface area (TPSA) is 98.7 Å². The van der Waals surface area contributed by atoms with E-state index < -0.39 is 23.6 Å². The number of phenols is 1. The third-order valence-corrected chi connectivity index (χ3v) is 2.77. The second kappa shape index (κ2) is 6.66. The van der Waals surface area contributed by atoms with Gasteiger partial charge in [-0.15, -0.1) is 6.42 Å². The van der Waals surface area contributed by atoms with Gasteiger partial charge in [0.05, 0.1) is 5.54 Å². The third kappa shape index (κ3) is 5.45. The number of nitrogens with one attached hydrogen (secondary N) is 2. The van der Waals surface area contributed by atoms with Crippen LogP contribution in [0, 0.1) is 12.3 Å². The molecule has 0 aromatic heterocycles. The van der Waals surface area contributed by atoms with Gasteiger partial charge in [0.25, 0.3) is 0 Å². The standard InChI is InChI=1S/C15H18N2O4/c1-4-15(2,3)17-14(21)16-12(13(19)20)9-10-5-7-11(18)8-6-10/h1,5-8,12,18H,9H2,2-3H3,(H,19,20)(H2,16,17,21). The third-order valence-electron chi connectivity index (χ3n) is 2.77. The van der Waals surface area contributed by atoms with Crippen molar-refractivity contribution in [1.29, 1.82) is 0 Å². The maximum Gasteiger partial charge on any atom is 0.326 e. The number of benzene rings is 1. The van der Waals surface area contributed by atoms with E-state index in [1.165, 1.54) is 12.1 Å². The van der Waals surface area contributed by atoms with Gasteiger partial charge in [0.2, 0.25) is 0 Å². The molecule has 1 atom stereocenters. The largest absolute Gasteiger partial charge is 0.508 e. The maximum atomic E-state index is 11.8. The van der Waals surface area contributed by atoms with Gasteiger partial charge in [0, 0.05) is 6.42 Å². The van der Waals surface area contributed by atoms with Crippen molar-refractivity contribution in [3.63, 3.8) is 0 Å². The highest BCUT2D eigenvalue weighted by atomic mass is 16.4. The second-order valence-corrected chi connectivity index (χ2v) is 5.13. The van der Waals surface area contributed by atoms with E-state index in [0.29, 0.717) is 5.56 Å². The first-order valence-corrected chi connectivity index (χ1v) is 6.30. The van der Waals surface area contributed by atoms with Crippen LogP contribution in [0.15, 0.2) is 24.3 Å². The highest BCUT2D eigenvalue weighted by molar-refractivity contribution is 5.83. The van der Waals surface area contributed by atoms with Crippen molar-refractivity contribution in [2.75, 3.05) is 0 Å². The Morgan fingerprint density at radius 2 is 1.90 bits per heavy atom. The monoisotopic (exact) mass is 290 g/mol. The molecule has 4 N–H and O–H groups in total. The van der Waals surface area contributed by atoms with Crippen LogP contribution < -0.4 is 10.6 Å². The molecule has 0 radical (unpaired) electrons. The van der Waals surface area contributed by atoms with Crippen LogP contribution in [0.1, 0.15) is 19.4 Å². The van der Waals surface area contributed by atoms with Gasteiger partial charge >= 0.3 is 12.0 Å². The van der Waals surface area contributed by atoms with Crippen LogP contribution in [0.2, 0.25) is 0 Å². The van der Waals surface area contributed by atoms with Crippen LogP contribution in [0.5, 0.6) is 5.75 Å². The van der Waals surface area contributed by atoms with E-state index in [0.717, 1.165) is 0 Å². The quantitative estimate of drug-likeness (QED) is 0.610. The van der Waals surface area contributed by atoms with Gasteiger partial charge in [-0.3, -0.25) is 0 Å². The highest BCUT2D eigenvalue weighted by Crippen LogP contribution is 2.11. The van der Waals surface area contributed by atoms with E-state index in [2.05, 4.69) is 16.6 Å². The zero-order valence-corrected chi connectivity index (χ0v) is 11.9. The molecule has 1 aromatic carbocycles. The number of terminal acetylenes is 1. The Balaban J connectivity index is 2.71. The summed E-state index contributed by atoms with van der Waals surface area (Å²) in [6.45, 7) is 3.25. The van der Waals surface area contributed by atoms with Crippen molar-refractivity contribution in [3.8, 4) is 18.1 Å². The van der Waals surface area contributed by atoms with E-state index >= 15 is 0 Å². The molecule has 0 spiro atoms. The first-order valence-electron chi connectivity index (χ1n) is 6.30. The predicted molar refractivity (Wildman–Crippen MR) is 77.8 cm³/mol. The molecule has 21 heavy (non-hydrogen) atoms. The summed E-state index contributed by atoms with van der Waals surface area (Å²) in [7, 11) is 0. The molecule has 6 nitrogen and oxygen atoms in total. The fourth-order valence-corrected chi connectivity index (χ4v) is 1.58. The summed E-state index contributed by atoms with van der Waals surface area (Å²) in [6, 6.07) is 4.35. The molecule has 0 bridgehead atoms. The average molecular weight is 290 g/mol. The van der Waals surface area contributed by atoms with E-state index in [1.807, 2.05) is 0 Å². The number of carboxylic acids is 1. The van der Waals surface area contributed by atoms with Crippen molar-refractivity contribution in [2.45, 2.75) is 31.8 Å². The van der Waals surface area contributed by atoms with Crippen molar-refractivity contribution < 1.29 is 19.8 Å². The lowest BCUT2D eigenvalue weighted by molar-refractivity contribution is -0.139. The summed E-state index contributed by atoms with van der Waals surface area (Å²) >= 11 is 0. The molecule has 0 heterocycles. The van der Waals surface area contributed by atoms with Gasteiger partial charge in [-0.2, -0.15) is 0 Å². The molecular weight excluding hydrogens is 272 g/mol. The molecular formula is C15H18N2O4. The van der Waals surface area contributed by atoms with Crippen molar-refractivity contribution >= 4 is 12.0 Å². The summed E-state index contributed by atoms with van der Waals surface area (Å²) < 4.78 is 0. The number of carbonyl (C=O) groups excluding carboxylic acids is 1. The molecule has 112 valence electrons. The van der Waals surface area contributed by atoms with Crippen LogP contribution >= 0.6 is 0 Å². The zero-order chi connectivity index (χ0) is 16.0. The molecule has 2 amide bonds. The molecule has 0 aliphatic rings. The normalized spacial score (nSPS) is 12.0. The number of carbonyl (C=O) groups is 2. The van der Waals surface area contributed by atoms with E-state index in [-0.39, 0.29) is 12.2 Å². The molecule has 1 unspecified atom stereocenters. The van der Waals surface area contributed by atoms with E-state index in [9.17, 15) is 14.7 Å². The number of carboxylic acid groups (broad SMARTS) is 1. The van der Waals surface area contributed by atoms with Crippen LogP contribution in [-0.4, -0.2) is 33.8 Å². The Morgan fingerprint density at radius 3 is 2.38 bits per heavy atom. The van der Waals surface area contributed by atoms with Crippen LogP contribution in [-0.2, 0) is 11.2 Å². The van der Waals surface area contributed by atoms with Gasteiger partial charge in [0.1, 0.15) is 11.8 Å². The first kappa shape index (κ1) is 16.4. The second-order valence-electron chi connectivity index (χ2n) is 5.13. The van der Waals surface area contributed by atoms with Gasteiger partial charge in [-0.25, -0.2) is 9.59 Å². The SMILES string of the molecule is C#CC(C)(C)NC(=O)NC(Cc1ccc(O)cc1)C(=O)O. The van der Waals surface area contributed by atoms with Crippen molar-refractivity contribution in [1.82, 2.24) is 10.6 Å². The van der Waals surface area contributed by atoms with Crippen molar-refractivity contribution in [2.24, 2.45) is 0 Å². The minimum Gasteiger partial charge on any atom is -0.508 e. The van der Waals surface area contributed by atoms with Crippen LogP contribution in [0.25, 0.3) is 0 Å². The molecule has 0 fully saturated rings. The minimum atomic E-state index is -1.16. The van der Waals surface area contributed by atoms with E-state index in [1.54, 1.807) is 26.0 Å². The smallest absolute Gasteiger partial charge is 0.326 e. The molecule has 0 saturated carbocycles. The first-order chi connectivity index (χ1) is 9.73. The Kier molecular flexibility index (Phi) is 5.19. The van der Waals surface area contributed by atoms with Gasteiger partial charge in [-0.1, -0.05) is 18.1 Å². The maximum absolute atomic E-state index is 11.8. The molecule has 0 aliphatic carbocycles. The molecule has 1 rings (SSSR count). The van der Waals surface area contributed by atoms with Crippen LogP contribution in [0.4, 0.5) is 4.79 Å². The number of rotatable bonds is 5. The van der Waals surface area contributed by atoms with Gasteiger partial charge in [-0.05, 0) is 31.5 Å². The zero-order valence-electron chi connectivity index (χ0n) is 11.9. The Labute approximate surface area is 123 Å². The average Bonchev–Trinajstić information content (AvgIpc) is 2.39. The number of hydrogen-bond acceptors (Lipinski definition) is 3. The Hall–Kier alpha value is -2.68. The Bertz CT molecular complexity index is 558. The number of amides is 2. The number of phenolic OH excluding ortho intramolecular Hbond substituents is 1. The number of urea groups is 1. The summed E-state index contributed by atoms with van der Waals surface area (Å²) in [6.07, 6.45) is 5.35. The van der Waals surface area contributed by atoms with Crippen LogP contribution in [0.3, 0.4) is 0 Å².